The topological polar surface area (TPSA) is 18.5 Å². The van der Waals surface area contributed by atoms with Crippen LogP contribution in [0, 0.1) is 11.8 Å². The lowest BCUT2D eigenvalue weighted by Gasteiger charge is -2.44. The quantitative estimate of drug-likeness (QED) is 0.860. The first-order chi connectivity index (χ1) is 11.0. The number of rotatable bonds is 3. The van der Waals surface area contributed by atoms with Crippen molar-refractivity contribution in [3.8, 4) is 0 Å². The molecule has 3 heteroatoms. The molecule has 0 aromatic rings. The Bertz CT molecular complexity index is 356. The van der Waals surface area contributed by atoms with Crippen LogP contribution in [0.1, 0.15) is 65.7 Å². The average molecular weight is 322 g/mol. The number of piperidine rings is 2. The second-order valence-electron chi connectivity index (χ2n) is 9.00. The van der Waals surface area contributed by atoms with E-state index in [0.29, 0.717) is 0 Å². The van der Waals surface area contributed by atoms with Crippen molar-refractivity contribution < 1.29 is 0 Å². The fraction of sp³-hybridized carbons (Fsp3) is 1.00. The van der Waals surface area contributed by atoms with E-state index < -0.39 is 0 Å². The van der Waals surface area contributed by atoms with Gasteiger partial charge in [0.1, 0.15) is 0 Å². The van der Waals surface area contributed by atoms with Crippen molar-refractivity contribution in [2.45, 2.75) is 89.9 Å². The van der Waals surface area contributed by atoms with Gasteiger partial charge in [-0.2, -0.15) is 0 Å². The smallest absolute Gasteiger partial charge is 0.0122 e. The second kappa shape index (κ2) is 7.84. The zero-order valence-corrected chi connectivity index (χ0v) is 15.9. The molecule has 3 nitrogen and oxygen atoms in total. The Morgan fingerprint density at radius 2 is 1.52 bits per heavy atom. The molecular formula is C20H39N3. The van der Waals surface area contributed by atoms with Crippen LogP contribution in [0.15, 0.2) is 0 Å². The lowest BCUT2D eigenvalue weighted by molar-refractivity contribution is 0.0860. The average Bonchev–Trinajstić information content (AvgIpc) is 2.54. The Balaban J connectivity index is 1.42. The Kier molecular flexibility index (Phi) is 6.03. The van der Waals surface area contributed by atoms with E-state index in [0.717, 1.165) is 36.0 Å². The summed E-state index contributed by atoms with van der Waals surface area (Å²) in [5, 5.41) is 4.04. The van der Waals surface area contributed by atoms with Crippen LogP contribution in [-0.4, -0.2) is 60.6 Å². The van der Waals surface area contributed by atoms with Crippen LogP contribution in [0.2, 0.25) is 0 Å². The Labute approximate surface area is 144 Å². The van der Waals surface area contributed by atoms with Crippen molar-refractivity contribution in [3.05, 3.63) is 0 Å². The van der Waals surface area contributed by atoms with Gasteiger partial charge in [-0.25, -0.2) is 0 Å². The summed E-state index contributed by atoms with van der Waals surface area (Å²) >= 11 is 0. The molecule has 1 saturated carbocycles. The third-order valence-electron chi connectivity index (χ3n) is 7.09. The number of likely N-dealkylation sites (tertiary alicyclic amines) is 2. The van der Waals surface area contributed by atoms with Gasteiger partial charge in [-0.3, -0.25) is 0 Å². The van der Waals surface area contributed by atoms with Gasteiger partial charge in [0.05, 0.1) is 0 Å². The number of hydrogen-bond acceptors (Lipinski definition) is 3. The zero-order valence-electron chi connectivity index (χ0n) is 15.9. The predicted molar refractivity (Wildman–Crippen MR) is 98.8 cm³/mol. The normalized spacial score (nSPS) is 42.0. The fourth-order valence-electron chi connectivity index (χ4n) is 5.08. The Hall–Kier alpha value is -0.120. The number of nitrogens with one attached hydrogen (secondary N) is 1. The van der Waals surface area contributed by atoms with Gasteiger partial charge in [-0.1, -0.05) is 13.8 Å². The van der Waals surface area contributed by atoms with Crippen LogP contribution in [-0.2, 0) is 0 Å². The van der Waals surface area contributed by atoms with Crippen LogP contribution >= 0.6 is 0 Å². The van der Waals surface area contributed by atoms with Gasteiger partial charge in [0.25, 0.3) is 0 Å². The fourth-order valence-corrected chi connectivity index (χ4v) is 5.08. The Morgan fingerprint density at radius 3 is 2.17 bits per heavy atom. The van der Waals surface area contributed by atoms with Crippen molar-refractivity contribution in [2.75, 3.05) is 26.7 Å². The first-order valence-corrected chi connectivity index (χ1v) is 10.2. The lowest BCUT2D eigenvalue weighted by atomic mass is 9.85. The lowest BCUT2D eigenvalue weighted by Crippen LogP contribution is -2.54. The number of hydrogen-bond donors (Lipinski definition) is 1. The maximum atomic E-state index is 4.04. The van der Waals surface area contributed by atoms with E-state index >= 15 is 0 Å². The first kappa shape index (κ1) is 17.7. The minimum atomic E-state index is 0.732. The van der Waals surface area contributed by atoms with Gasteiger partial charge in [-0.15, -0.1) is 0 Å². The molecule has 3 aliphatic rings. The van der Waals surface area contributed by atoms with Crippen LogP contribution in [0.25, 0.3) is 0 Å². The molecule has 1 aliphatic carbocycles. The van der Waals surface area contributed by atoms with Crippen LogP contribution in [0.4, 0.5) is 0 Å². The van der Waals surface area contributed by atoms with Crippen LogP contribution in [0.3, 0.4) is 0 Å². The monoisotopic (exact) mass is 321 g/mol. The van der Waals surface area contributed by atoms with Crippen molar-refractivity contribution in [1.29, 1.82) is 0 Å². The van der Waals surface area contributed by atoms with Gasteiger partial charge >= 0.3 is 0 Å². The highest BCUT2D eigenvalue weighted by Crippen LogP contribution is 2.29. The SMILES string of the molecule is CC1CCN(C2CCC(N[C@@H]3C[C@H](C)N(C)C[C@H]3C)CC2)CC1. The molecule has 3 rings (SSSR count). The summed E-state index contributed by atoms with van der Waals surface area (Å²) in [4.78, 5) is 5.33. The molecule has 0 amide bonds. The number of nitrogens with zero attached hydrogens (tertiary/aromatic N) is 2. The summed E-state index contributed by atoms with van der Waals surface area (Å²) in [6.45, 7) is 11.2. The van der Waals surface area contributed by atoms with Gasteiger partial charge in [0.2, 0.25) is 0 Å². The van der Waals surface area contributed by atoms with Crippen molar-refractivity contribution in [3.63, 3.8) is 0 Å². The maximum Gasteiger partial charge on any atom is 0.0122 e. The summed E-state index contributed by atoms with van der Waals surface area (Å²) in [6, 6.07) is 3.13. The third kappa shape index (κ3) is 4.49. The van der Waals surface area contributed by atoms with Crippen molar-refractivity contribution >= 4 is 0 Å². The molecule has 0 aromatic heterocycles. The molecule has 3 atom stereocenters. The van der Waals surface area contributed by atoms with Crippen LogP contribution < -0.4 is 5.32 Å². The molecule has 134 valence electrons. The zero-order chi connectivity index (χ0) is 16.4. The summed E-state index contributed by atoms with van der Waals surface area (Å²) in [6.07, 6.45) is 9.79. The third-order valence-corrected chi connectivity index (χ3v) is 7.09. The van der Waals surface area contributed by atoms with Crippen molar-refractivity contribution in [1.82, 2.24) is 15.1 Å². The molecule has 1 N–H and O–H groups in total. The molecule has 0 spiro atoms. The molecule has 2 saturated heterocycles. The molecular weight excluding hydrogens is 282 g/mol. The van der Waals surface area contributed by atoms with E-state index in [-0.39, 0.29) is 0 Å². The van der Waals surface area contributed by atoms with E-state index in [9.17, 15) is 0 Å². The molecule has 23 heavy (non-hydrogen) atoms. The van der Waals surface area contributed by atoms with Gasteiger partial charge in [-0.05, 0) is 83.8 Å². The van der Waals surface area contributed by atoms with E-state index in [1.165, 1.54) is 64.6 Å². The van der Waals surface area contributed by atoms with Crippen molar-refractivity contribution in [2.24, 2.45) is 11.8 Å². The second-order valence-corrected chi connectivity index (χ2v) is 9.00. The maximum absolute atomic E-state index is 4.04. The minimum Gasteiger partial charge on any atom is -0.311 e. The Morgan fingerprint density at radius 1 is 0.870 bits per heavy atom. The highest BCUT2D eigenvalue weighted by molar-refractivity contribution is 4.91. The summed E-state index contributed by atoms with van der Waals surface area (Å²) < 4.78 is 0. The minimum absolute atomic E-state index is 0.732. The molecule has 3 fully saturated rings. The molecule has 0 aromatic carbocycles. The first-order valence-electron chi connectivity index (χ1n) is 10.2. The predicted octanol–water partition coefficient (Wildman–Crippen LogP) is 3.35. The summed E-state index contributed by atoms with van der Waals surface area (Å²) in [5.74, 6) is 1.75. The largest absolute Gasteiger partial charge is 0.311 e. The summed E-state index contributed by atoms with van der Waals surface area (Å²) in [7, 11) is 2.28. The van der Waals surface area contributed by atoms with Gasteiger partial charge < -0.3 is 15.1 Å². The molecule has 0 bridgehead atoms. The van der Waals surface area contributed by atoms with E-state index in [2.05, 4.69) is 42.9 Å². The van der Waals surface area contributed by atoms with E-state index in [4.69, 9.17) is 0 Å². The molecule has 2 aliphatic heterocycles. The standard InChI is InChI=1S/C20H39N3/c1-15-9-11-23(12-10-15)19-7-5-18(6-8-19)21-20-13-17(3)22(4)14-16(20)2/h15-21H,5-14H2,1-4H3/t16-,17+,18?,19?,20-/m1/s1. The highest BCUT2D eigenvalue weighted by atomic mass is 15.2. The van der Waals surface area contributed by atoms with E-state index in [1.807, 2.05) is 0 Å². The highest BCUT2D eigenvalue weighted by Gasteiger charge is 2.33. The summed E-state index contributed by atoms with van der Waals surface area (Å²) in [5.41, 5.74) is 0. The van der Waals surface area contributed by atoms with Gasteiger partial charge in [0, 0.05) is 30.7 Å². The molecule has 0 unspecified atom stereocenters. The molecule has 0 radical (unpaired) electrons. The van der Waals surface area contributed by atoms with E-state index in [1.54, 1.807) is 0 Å². The molecule has 2 heterocycles. The van der Waals surface area contributed by atoms with Gasteiger partial charge in [0.15, 0.2) is 0 Å². The van der Waals surface area contributed by atoms with Crippen LogP contribution in [0.5, 0.6) is 0 Å².